The first kappa shape index (κ1) is 21.8. The Labute approximate surface area is 176 Å². The summed E-state index contributed by atoms with van der Waals surface area (Å²) < 4.78 is 0. The van der Waals surface area contributed by atoms with Crippen LogP contribution >= 0.6 is 0 Å². The molecule has 1 aromatic carbocycles. The van der Waals surface area contributed by atoms with E-state index in [1.54, 1.807) is 12.1 Å². The highest BCUT2D eigenvalue weighted by Crippen LogP contribution is 2.35. The van der Waals surface area contributed by atoms with Gasteiger partial charge in [0.25, 0.3) is 17.7 Å². The van der Waals surface area contributed by atoms with Gasteiger partial charge in [-0.15, -0.1) is 0 Å². The molecule has 1 heterocycles. The SMILES string of the molecule is CC1CCC2(CC1)NC(=O)N(NC(=O)CNC(=O)c1ccc(C(C)(C)C)cc1)C2=O. The molecule has 1 saturated carbocycles. The molecule has 1 aliphatic heterocycles. The summed E-state index contributed by atoms with van der Waals surface area (Å²) in [6, 6.07) is 6.55. The van der Waals surface area contributed by atoms with Gasteiger partial charge >= 0.3 is 6.03 Å². The van der Waals surface area contributed by atoms with Gasteiger partial charge in [0, 0.05) is 5.56 Å². The van der Waals surface area contributed by atoms with Crippen molar-refractivity contribution in [2.45, 2.75) is 64.3 Å². The second kappa shape index (κ2) is 8.08. The Hall–Kier alpha value is -2.90. The predicted molar refractivity (Wildman–Crippen MR) is 111 cm³/mol. The van der Waals surface area contributed by atoms with Gasteiger partial charge in [-0.05, 0) is 54.7 Å². The highest BCUT2D eigenvalue weighted by Gasteiger charge is 2.52. The summed E-state index contributed by atoms with van der Waals surface area (Å²) in [4.78, 5) is 49.5. The van der Waals surface area contributed by atoms with E-state index in [0.717, 1.165) is 23.4 Å². The van der Waals surface area contributed by atoms with Crippen LogP contribution in [0.15, 0.2) is 24.3 Å². The van der Waals surface area contributed by atoms with Crippen molar-refractivity contribution in [1.29, 1.82) is 0 Å². The molecule has 3 rings (SSSR count). The van der Waals surface area contributed by atoms with Crippen molar-refractivity contribution in [3.05, 3.63) is 35.4 Å². The molecular formula is C22H30N4O4. The zero-order valence-electron chi connectivity index (χ0n) is 18.0. The molecule has 5 amide bonds. The Balaban J connectivity index is 1.54. The molecule has 30 heavy (non-hydrogen) atoms. The van der Waals surface area contributed by atoms with Gasteiger partial charge < -0.3 is 10.6 Å². The van der Waals surface area contributed by atoms with E-state index >= 15 is 0 Å². The monoisotopic (exact) mass is 414 g/mol. The van der Waals surface area contributed by atoms with Crippen LogP contribution in [0.1, 0.15) is 69.3 Å². The van der Waals surface area contributed by atoms with Gasteiger partial charge in [0.1, 0.15) is 5.54 Å². The van der Waals surface area contributed by atoms with Crippen molar-refractivity contribution in [3.8, 4) is 0 Å². The van der Waals surface area contributed by atoms with Crippen molar-refractivity contribution < 1.29 is 19.2 Å². The molecule has 0 radical (unpaired) electrons. The van der Waals surface area contributed by atoms with E-state index in [1.165, 1.54) is 0 Å². The molecule has 1 saturated heterocycles. The molecule has 162 valence electrons. The molecule has 1 spiro atoms. The van der Waals surface area contributed by atoms with E-state index in [1.807, 2.05) is 12.1 Å². The molecule has 0 aromatic heterocycles. The van der Waals surface area contributed by atoms with E-state index in [0.29, 0.717) is 24.3 Å². The number of benzene rings is 1. The molecule has 2 fully saturated rings. The number of rotatable bonds is 4. The van der Waals surface area contributed by atoms with Crippen LogP contribution in [0.25, 0.3) is 0 Å². The Morgan fingerprint density at radius 1 is 1.13 bits per heavy atom. The number of carbonyl (C=O) groups is 4. The minimum absolute atomic E-state index is 0.0224. The molecule has 8 heteroatoms. The van der Waals surface area contributed by atoms with Crippen LogP contribution in [0.5, 0.6) is 0 Å². The maximum atomic E-state index is 12.7. The topological polar surface area (TPSA) is 108 Å². The van der Waals surface area contributed by atoms with Crippen LogP contribution in [-0.2, 0) is 15.0 Å². The number of carbonyl (C=O) groups excluding carboxylic acids is 4. The summed E-state index contributed by atoms with van der Waals surface area (Å²) in [5.74, 6) is -0.964. The Morgan fingerprint density at radius 3 is 2.30 bits per heavy atom. The third kappa shape index (κ3) is 4.47. The van der Waals surface area contributed by atoms with E-state index in [2.05, 4.69) is 43.8 Å². The van der Waals surface area contributed by atoms with Gasteiger partial charge in [0.15, 0.2) is 0 Å². The summed E-state index contributed by atoms with van der Waals surface area (Å²) in [5, 5.41) is 5.99. The summed E-state index contributed by atoms with van der Waals surface area (Å²) >= 11 is 0. The normalized spacial score (nSPS) is 24.0. The highest BCUT2D eigenvalue weighted by molar-refractivity contribution is 6.08. The summed E-state index contributed by atoms with van der Waals surface area (Å²) in [7, 11) is 0. The van der Waals surface area contributed by atoms with Gasteiger partial charge in [-0.1, -0.05) is 39.8 Å². The highest BCUT2D eigenvalue weighted by atomic mass is 16.2. The average molecular weight is 415 g/mol. The third-order valence-electron chi connectivity index (χ3n) is 5.95. The molecule has 2 aliphatic rings. The lowest BCUT2D eigenvalue weighted by Gasteiger charge is -2.33. The van der Waals surface area contributed by atoms with Crippen LogP contribution in [0.3, 0.4) is 0 Å². The Bertz CT molecular complexity index is 849. The average Bonchev–Trinajstić information content (AvgIpc) is 2.92. The third-order valence-corrected chi connectivity index (χ3v) is 5.95. The maximum Gasteiger partial charge on any atom is 0.344 e. The fourth-order valence-electron chi connectivity index (χ4n) is 3.86. The van der Waals surface area contributed by atoms with E-state index in [9.17, 15) is 19.2 Å². The molecule has 0 unspecified atom stereocenters. The first-order valence-corrected chi connectivity index (χ1v) is 10.4. The van der Waals surface area contributed by atoms with Crippen LogP contribution in [0.4, 0.5) is 4.79 Å². The van der Waals surface area contributed by atoms with E-state index in [4.69, 9.17) is 0 Å². The Morgan fingerprint density at radius 2 is 1.73 bits per heavy atom. The molecule has 1 aliphatic carbocycles. The molecular weight excluding hydrogens is 384 g/mol. The van der Waals surface area contributed by atoms with E-state index < -0.39 is 29.3 Å². The fraction of sp³-hybridized carbons (Fsp3) is 0.545. The first-order valence-electron chi connectivity index (χ1n) is 10.4. The number of amides is 5. The van der Waals surface area contributed by atoms with Crippen molar-refractivity contribution in [2.24, 2.45) is 5.92 Å². The van der Waals surface area contributed by atoms with Crippen molar-refractivity contribution >= 4 is 23.8 Å². The number of hydrazine groups is 1. The molecule has 0 bridgehead atoms. The second-order valence-corrected chi connectivity index (χ2v) is 9.38. The largest absolute Gasteiger partial charge is 0.344 e. The molecule has 1 aromatic rings. The lowest BCUT2D eigenvalue weighted by atomic mass is 9.77. The summed E-state index contributed by atoms with van der Waals surface area (Å²) in [5.41, 5.74) is 2.90. The van der Waals surface area contributed by atoms with Crippen molar-refractivity contribution in [2.75, 3.05) is 6.54 Å². The standard InChI is InChI=1S/C22H30N4O4/c1-14-9-11-22(12-10-14)19(29)26(20(30)24-22)25-17(27)13-23-18(28)15-5-7-16(8-6-15)21(2,3)4/h5-8,14H,9-13H2,1-4H3,(H,23,28)(H,24,30)(H,25,27). The first-order chi connectivity index (χ1) is 14.0. The smallest absolute Gasteiger partial charge is 0.343 e. The van der Waals surface area contributed by atoms with Crippen LogP contribution in [0, 0.1) is 5.92 Å². The Kier molecular flexibility index (Phi) is 5.87. The number of hydrogen-bond acceptors (Lipinski definition) is 4. The van der Waals surface area contributed by atoms with Crippen molar-refractivity contribution in [3.63, 3.8) is 0 Å². The predicted octanol–water partition coefficient (Wildman–Crippen LogP) is 2.25. The number of urea groups is 1. The fourth-order valence-corrected chi connectivity index (χ4v) is 3.86. The van der Waals surface area contributed by atoms with E-state index in [-0.39, 0.29) is 12.0 Å². The lowest BCUT2D eigenvalue weighted by Crippen LogP contribution is -2.52. The van der Waals surface area contributed by atoms with Crippen LogP contribution in [-0.4, -0.2) is 40.8 Å². The minimum Gasteiger partial charge on any atom is -0.343 e. The summed E-state index contributed by atoms with van der Waals surface area (Å²) in [6.07, 6.45) is 2.81. The summed E-state index contributed by atoms with van der Waals surface area (Å²) in [6.45, 7) is 8.02. The zero-order chi connectivity index (χ0) is 22.1. The number of nitrogens with one attached hydrogen (secondary N) is 3. The molecule has 8 nitrogen and oxygen atoms in total. The quantitative estimate of drug-likeness (QED) is 0.657. The lowest BCUT2D eigenvalue weighted by molar-refractivity contribution is -0.139. The van der Waals surface area contributed by atoms with Crippen molar-refractivity contribution in [1.82, 2.24) is 21.1 Å². The minimum atomic E-state index is -0.922. The van der Waals surface area contributed by atoms with Gasteiger partial charge in [0.05, 0.1) is 6.54 Å². The van der Waals surface area contributed by atoms with Gasteiger partial charge in [0.2, 0.25) is 0 Å². The number of hydrogen-bond donors (Lipinski definition) is 3. The van der Waals surface area contributed by atoms with Crippen LogP contribution < -0.4 is 16.1 Å². The van der Waals surface area contributed by atoms with Crippen LogP contribution in [0.2, 0.25) is 0 Å². The number of nitrogens with zero attached hydrogens (tertiary/aromatic N) is 1. The maximum absolute atomic E-state index is 12.7. The molecule has 3 N–H and O–H groups in total. The zero-order valence-corrected chi connectivity index (χ0v) is 18.0. The van der Waals surface area contributed by atoms with Gasteiger partial charge in [-0.3, -0.25) is 19.8 Å². The molecule has 0 atom stereocenters. The second-order valence-electron chi connectivity index (χ2n) is 9.38. The van der Waals surface area contributed by atoms with Gasteiger partial charge in [-0.2, -0.15) is 5.01 Å². The number of imide groups is 1. The van der Waals surface area contributed by atoms with Gasteiger partial charge in [-0.25, -0.2) is 4.79 Å².